The Balaban J connectivity index is 1.78. The fourth-order valence-corrected chi connectivity index (χ4v) is 2.99. The Hall–Kier alpha value is -2.00. The minimum absolute atomic E-state index is 0.137. The van der Waals surface area contributed by atoms with E-state index < -0.39 is 5.82 Å². The molecule has 2 nitrogen and oxygen atoms in total. The molecule has 1 aliphatic heterocycles. The van der Waals surface area contributed by atoms with Crippen LogP contribution in [0.15, 0.2) is 48.5 Å². The molecule has 3 heteroatoms. The lowest BCUT2D eigenvalue weighted by Crippen LogP contribution is -2.29. The first-order valence-electron chi connectivity index (χ1n) is 7.84. The third-order valence-electron chi connectivity index (χ3n) is 4.16. The molecule has 0 aromatic heterocycles. The number of hydrogen-bond donors (Lipinski definition) is 0. The predicted molar refractivity (Wildman–Crippen MR) is 85.4 cm³/mol. The van der Waals surface area contributed by atoms with Crippen molar-refractivity contribution in [2.45, 2.75) is 25.8 Å². The molecular weight excluding hydrogens is 277 g/mol. The molecule has 22 heavy (non-hydrogen) atoms. The summed E-state index contributed by atoms with van der Waals surface area (Å²) in [5.74, 6) is -0.715. The van der Waals surface area contributed by atoms with Gasteiger partial charge in [0, 0.05) is 12.1 Å². The number of carbonyl (C=O) groups excluding carboxylic acids is 1. The van der Waals surface area contributed by atoms with Crippen molar-refractivity contribution in [2.75, 3.05) is 13.1 Å². The van der Waals surface area contributed by atoms with Gasteiger partial charge in [-0.15, -0.1) is 0 Å². The minimum atomic E-state index is -0.464. The van der Waals surface area contributed by atoms with Gasteiger partial charge in [0.25, 0.3) is 0 Å². The maximum atomic E-state index is 13.8. The molecule has 0 unspecified atom stereocenters. The fraction of sp³-hybridized carbons (Fsp3) is 0.316. The Morgan fingerprint density at radius 1 is 1.00 bits per heavy atom. The molecule has 0 aliphatic carbocycles. The molecule has 0 atom stereocenters. The number of rotatable bonds is 4. The van der Waals surface area contributed by atoms with E-state index in [1.54, 1.807) is 18.2 Å². The summed E-state index contributed by atoms with van der Waals surface area (Å²) in [4.78, 5) is 14.9. The van der Waals surface area contributed by atoms with E-state index in [2.05, 4.69) is 4.90 Å². The Kier molecular flexibility index (Phi) is 4.64. The lowest BCUT2D eigenvalue weighted by Gasteiger charge is -2.26. The molecule has 0 N–H and O–H groups in total. The SMILES string of the molecule is O=C(c1cccc(CN2CCCCC2)c1)c1ccccc1F. The van der Waals surface area contributed by atoms with Gasteiger partial charge in [-0.2, -0.15) is 0 Å². The second kappa shape index (κ2) is 6.84. The molecule has 2 aromatic rings. The summed E-state index contributed by atoms with van der Waals surface area (Å²) in [6.07, 6.45) is 3.80. The van der Waals surface area contributed by atoms with Crippen molar-refractivity contribution < 1.29 is 9.18 Å². The molecule has 114 valence electrons. The topological polar surface area (TPSA) is 20.3 Å². The third-order valence-corrected chi connectivity index (χ3v) is 4.16. The van der Waals surface area contributed by atoms with Crippen molar-refractivity contribution in [1.82, 2.24) is 4.90 Å². The number of benzene rings is 2. The van der Waals surface area contributed by atoms with Gasteiger partial charge in [0.2, 0.25) is 0 Å². The zero-order valence-corrected chi connectivity index (χ0v) is 12.6. The van der Waals surface area contributed by atoms with Crippen LogP contribution in [0.25, 0.3) is 0 Å². The van der Waals surface area contributed by atoms with Gasteiger partial charge < -0.3 is 0 Å². The van der Waals surface area contributed by atoms with E-state index in [4.69, 9.17) is 0 Å². The van der Waals surface area contributed by atoms with E-state index in [1.165, 1.54) is 31.4 Å². The molecule has 1 heterocycles. The predicted octanol–water partition coefficient (Wildman–Crippen LogP) is 4.04. The summed E-state index contributed by atoms with van der Waals surface area (Å²) >= 11 is 0. The first kappa shape index (κ1) is 14.9. The lowest BCUT2D eigenvalue weighted by molar-refractivity contribution is 0.103. The summed E-state index contributed by atoms with van der Waals surface area (Å²) in [6, 6.07) is 13.7. The quantitative estimate of drug-likeness (QED) is 0.794. The molecule has 2 aromatic carbocycles. The van der Waals surface area contributed by atoms with Gasteiger partial charge in [0.15, 0.2) is 5.78 Å². The molecule has 0 spiro atoms. The van der Waals surface area contributed by atoms with Gasteiger partial charge in [0.05, 0.1) is 5.56 Å². The first-order valence-corrected chi connectivity index (χ1v) is 7.84. The van der Waals surface area contributed by atoms with Crippen molar-refractivity contribution in [1.29, 1.82) is 0 Å². The number of piperidine rings is 1. The van der Waals surface area contributed by atoms with E-state index >= 15 is 0 Å². The summed E-state index contributed by atoms with van der Waals surface area (Å²) < 4.78 is 13.8. The molecule has 1 fully saturated rings. The summed E-state index contributed by atoms with van der Waals surface area (Å²) in [7, 11) is 0. The van der Waals surface area contributed by atoms with Crippen molar-refractivity contribution >= 4 is 5.78 Å². The summed E-state index contributed by atoms with van der Waals surface area (Å²) in [5, 5.41) is 0. The van der Waals surface area contributed by atoms with Crippen LogP contribution in [0.2, 0.25) is 0 Å². The highest BCUT2D eigenvalue weighted by molar-refractivity contribution is 6.09. The van der Waals surface area contributed by atoms with Gasteiger partial charge >= 0.3 is 0 Å². The maximum Gasteiger partial charge on any atom is 0.195 e. The molecule has 0 saturated carbocycles. The molecule has 0 bridgehead atoms. The van der Waals surface area contributed by atoms with Gasteiger partial charge in [-0.1, -0.05) is 36.8 Å². The maximum absolute atomic E-state index is 13.8. The van der Waals surface area contributed by atoms with E-state index in [-0.39, 0.29) is 11.3 Å². The Morgan fingerprint density at radius 2 is 1.77 bits per heavy atom. The first-order chi connectivity index (χ1) is 10.7. The van der Waals surface area contributed by atoms with Crippen molar-refractivity contribution in [3.05, 3.63) is 71.0 Å². The molecule has 1 saturated heterocycles. The largest absolute Gasteiger partial charge is 0.299 e. The average Bonchev–Trinajstić information content (AvgIpc) is 2.56. The van der Waals surface area contributed by atoms with E-state index in [1.807, 2.05) is 18.2 Å². The summed E-state index contributed by atoms with van der Waals surface area (Å²) in [6.45, 7) is 3.09. The standard InChI is InChI=1S/C19H20FNO/c20-18-10-3-2-9-17(18)19(22)16-8-6-7-15(13-16)14-21-11-4-1-5-12-21/h2-3,6-10,13H,1,4-5,11-12,14H2. The number of nitrogens with zero attached hydrogens (tertiary/aromatic N) is 1. The van der Waals surface area contributed by atoms with Gasteiger partial charge in [-0.25, -0.2) is 4.39 Å². The van der Waals surface area contributed by atoms with E-state index in [9.17, 15) is 9.18 Å². The Morgan fingerprint density at radius 3 is 2.55 bits per heavy atom. The second-order valence-corrected chi connectivity index (χ2v) is 5.85. The number of carbonyl (C=O) groups is 1. The lowest BCUT2D eigenvalue weighted by atomic mass is 10.0. The third kappa shape index (κ3) is 3.42. The average molecular weight is 297 g/mol. The highest BCUT2D eigenvalue weighted by atomic mass is 19.1. The second-order valence-electron chi connectivity index (χ2n) is 5.85. The normalized spacial score (nSPS) is 15.7. The van der Waals surface area contributed by atoms with Crippen molar-refractivity contribution in [3.8, 4) is 0 Å². The molecule has 0 amide bonds. The van der Waals surface area contributed by atoms with E-state index in [0.717, 1.165) is 25.2 Å². The van der Waals surface area contributed by atoms with Crippen LogP contribution < -0.4 is 0 Å². The number of hydrogen-bond acceptors (Lipinski definition) is 2. The van der Waals surface area contributed by atoms with Crippen LogP contribution >= 0.6 is 0 Å². The smallest absolute Gasteiger partial charge is 0.195 e. The van der Waals surface area contributed by atoms with Gasteiger partial charge in [-0.3, -0.25) is 9.69 Å². The number of ketones is 1. The van der Waals surface area contributed by atoms with Crippen LogP contribution in [0.1, 0.15) is 40.7 Å². The zero-order chi connectivity index (χ0) is 15.4. The minimum Gasteiger partial charge on any atom is -0.299 e. The molecular formula is C19H20FNO. The van der Waals surface area contributed by atoms with Crippen molar-refractivity contribution in [3.63, 3.8) is 0 Å². The van der Waals surface area contributed by atoms with E-state index in [0.29, 0.717) is 5.56 Å². The number of likely N-dealkylation sites (tertiary alicyclic amines) is 1. The Labute approximate surface area is 130 Å². The van der Waals surface area contributed by atoms with Crippen LogP contribution in [-0.2, 0) is 6.54 Å². The highest BCUT2D eigenvalue weighted by Gasteiger charge is 2.15. The molecule has 0 radical (unpaired) electrons. The van der Waals surface area contributed by atoms with Gasteiger partial charge in [-0.05, 0) is 49.7 Å². The van der Waals surface area contributed by atoms with Crippen LogP contribution in [0.3, 0.4) is 0 Å². The molecule has 1 aliphatic rings. The zero-order valence-electron chi connectivity index (χ0n) is 12.6. The van der Waals surface area contributed by atoms with Crippen LogP contribution in [-0.4, -0.2) is 23.8 Å². The van der Waals surface area contributed by atoms with Crippen molar-refractivity contribution in [2.24, 2.45) is 0 Å². The van der Waals surface area contributed by atoms with Gasteiger partial charge in [0.1, 0.15) is 5.82 Å². The van der Waals surface area contributed by atoms with Crippen LogP contribution in [0.4, 0.5) is 4.39 Å². The highest BCUT2D eigenvalue weighted by Crippen LogP contribution is 2.17. The van der Waals surface area contributed by atoms with Crippen LogP contribution in [0.5, 0.6) is 0 Å². The van der Waals surface area contributed by atoms with Crippen LogP contribution in [0, 0.1) is 5.82 Å². The fourth-order valence-electron chi connectivity index (χ4n) is 2.99. The summed E-state index contributed by atoms with van der Waals surface area (Å²) in [5.41, 5.74) is 1.81. The molecule has 3 rings (SSSR count). The number of halogens is 1. The Bertz CT molecular complexity index is 662. The monoisotopic (exact) mass is 297 g/mol.